The second-order valence-electron chi connectivity index (χ2n) is 5.18. The van der Waals surface area contributed by atoms with E-state index >= 15 is 0 Å². The largest absolute Gasteiger partial charge is 0.394 e. The molecule has 0 aliphatic rings. The molecule has 1 heterocycles. The van der Waals surface area contributed by atoms with Crippen LogP contribution in [0, 0.1) is 17.0 Å². The standard InChI is InChI=1S/C12H21N5O3/c1-5-6-13-11-14-8(2)9(17(19)20)10(15-11)16-12(3,4)7-18/h18H,5-7H2,1-4H3,(H2,13,14,15,16). The zero-order chi connectivity index (χ0) is 15.3. The highest BCUT2D eigenvalue weighted by Gasteiger charge is 2.26. The Morgan fingerprint density at radius 2 is 2.05 bits per heavy atom. The highest BCUT2D eigenvalue weighted by atomic mass is 16.6. The molecule has 0 saturated heterocycles. The maximum Gasteiger partial charge on any atom is 0.332 e. The summed E-state index contributed by atoms with van der Waals surface area (Å²) in [6.07, 6.45) is 0.893. The molecule has 1 rings (SSSR count). The normalized spacial score (nSPS) is 11.2. The first-order valence-electron chi connectivity index (χ1n) is 6.46. The Hall–Kier alpha value is -1.96. The quantitative estimate of drug-likeness (QED) is 0.515. The molecule has 0 fully saturated rings. The highest BCUT2D eigenvalue weighted by Crippen LogP contribution is 2.28. The van der Waals surface area contributed by atoms with Crippen LogP contribution in [-0.2, 0) is 0 Å². The minimum atomic E-state index is -0.715. The van der Waals surface area contributed by atoms with Crippen LogP contribution in [0.4, 0.5) is 17.5 Å². The predicted molar refractivity (Wildman–Crippen MR) is 77.0 cm³/mol. The lowest BCUT2D eigenvalue weighted by Gasteiger charge is -2.24. The van der Waals surface area contributed by atoms with Crippen LogP contribution >= 0.6 is 0 Å². The number of nitrogens with zero attached hydrogens (tertiary/aromatic N) is 3. The van der Waals surface area contributed by atoms with Gasteiger partial charge in [0.15, 0.2) is 0 Å². The van der Waals surface area contributed by atoms with E-state index in [9.17, 15) is 15.2 Å². The van der Waals surface area contributed by atoms with Gasteiger partial charge >= 0.3 is 5.69 Å². The van der Waals surface area contributed by atoms with Crippen molar-refractivity contribution >= 4 is 17.5 Å². The second kappa shape index (κ2) is 6.47. The van der Waals surface area contributed by atoms with Gasteiger partial charge < -0.3 is 15.7 Å². The van der Waals surface area contributed by atoms with Gasteiger partial charge in [-0.25, -0.2) is 4.98 Å². The number of aromatic nitrogens is 2. The molecule has 0 aromatic carbocycles. The third-order valence-electron chi connectivity index (χ3n) is 2.63. The first-order valence-corrected chi connectivity index (χ1v) is 6.46. The molecular weight excluding hydrogens is 262 g/mol. The molecule has 8 heteroatoms. The lowest BCUT2D eigenvalue weighted by molar-refractivity contribution is -0.385. The third kappa shape index (κ3) is 4.02. The molecule has 0 saturated carbocycles. The van der Waals surface area contributed by atoms with E-state index in [1.807, 2.05) is 6.92 Å². The van der Waals surface area contributed by atoms with Crippen LogP contribution in [0.3, 0.4) is 0 Å². The molecule has 1 aromatic heterocycles. The van der Waals surface area contributed by atoms with E-state index in [0.29, 0.717) is 12.5 Å². The second-order valence-corrected chi connectivity index (χ2v) is 5.18. The van der Waals surface area contributed by atoms with Gasteiger partial charge in [0.1, 0.15) is 5.69 Å². The van der Waals surface area contributed by atoms with Crippen LogP contribution < -0.4 is 10.6 Å². The average molecular weight is 283 g/mol. The fourth-order valence-electron chi connectivity index (χ4n) is 1.55. The van der Waals surface area contributed by atoms with Gasteiger partial charge in [0.25, 0.3) is 0 Å². The first-order chi connectivity index (χ1) is 9.30. The van der Waals surface area contributed by atoms with E-state index in [1.54, 1.807) is 20.8 Å². The van der Waals surface area contributed by atoms with Gasteiger partial charge in [-0.1, -0.05) is 6.92 Å². The number of hydrogen-bond donors (Lipinski definition) is 3. The molecule has 0 radical (unpaired) electrons. The summed E-state index contributed by atoms with van der Waals surface area (Å²) in [5.41, 5.74) is -0.610. The molecule has 0 unspecified atom stereocenters. The van der Waals surface area contributed by atoms with E-state index in [1.165, 1.54) is 0 Å². The van der Waals surface area contributed by atoms with Crippen LogP contribution in [0.2, 0.25) is 0 Å². The van der Waals surface area contributed by atoms with Crippen molar-refractivity contribution in [1.82, 2.24) is 9.97 Å². The van der Waals surface area contributed by atoms with Crippen LogP contribution in [0.1, 0.15) is 32.9 Å². The Morgan fingerprint density at radius 1 is 1.40 bits per heavy atom. The van der Waals surface area contributed by atoms with E-state index < -0.39 is 10.5 Å². The maximum atomic E-state index is 11.1. The summed E-state index contributed by atoms with van der Waals surface area (Å²) >= 11 is 0. The van der Waals surface area contributed by atoms with Crippen molar-refractivity contribution in [3.8, 4) is 0 Å². The highest BCUT2D eigenvalue weighted by molar-refractivity contribution is 5.61. The molecule has 20 heavy (non-hydrogen) atoms. The molecule has 0 atom stereocenters. The van der Waals surface area contributed by atoms with Crippen LogP contribution in [0.15, 0.2) is 0 Å². The van der Waals surface area contributed by atoms with Gasteiger partial charge in [-0.3, -0.25) is 10.1 Å². The van der Waals surface area contributed by atoms with Gasteiger partial charge in [0.05, 0.1) is 17.1 Å². The lowest BCUT2D eigenvalue weighted by Crippen LogP contribution is -2.35. The first kappa shape index (κ1) is 16.1. The molecule has 8 nitrogen and oxygen atoms in total. The molecular formula is C12H21N5O3. The summed E-state index contributed by atoms with van der Waals surface area (Å²) in [6, 6.07) is 0. The Labute approximate surface area is 117 Å². The minimum absolute atomic E-state index is 0.111. The van der Waals surface area contributed by atoms with Crippen molar-refractivity contribution in [2.45, 2.75) is 39.7 Å². The summed E-state index contributed by atoms with van der Waals surface area (Å²) in [4.78, 5) is 18.8. The summed E-state index contributed by atoms with van der Waals surface area (Å²) in [6.45, 7) is 7.53. The monoisotopic (exact) mass is 283 g/mol. The van der Waals surface area contributed by atoms with Crippen molar-refractivity contribution in [1.29, 1.82) is 0 Å². The summed E-state index contributed by atoms with van der Waals surface area (Å²) in [5, 5.41) is 26.3. The van der Waals surface area contributed by atoms with Crippen LogP contribution in [0.5, 0.6) is 0 Å². The predicted octanol–water partition coefficient (Wildman–Crippen LogP) is 1.70. The lowest BCUT2D eigenvalue weighted by atomic mass is 10.1. The number of anilines is 2. The van der Waals surface area contributed by atoms with E-state index in [2.05, 4.69) is 20.6 Å². The molecule has 1 aromatic rings. The van der Waals surface area contributed by atoms with Gasteiger partial charge in [0.2, 0.25) is 11.8 Å². The number of nitro groups is 1. The number of nitrogens with one attached hydrogen (secondary N) is 2. The summed E-state index contributed by atoms with van der Waals surface area (Å²) < 4.78 is 0. The zero-order valence-corrected chi connectivity index (χ0v) is 12.2. The van der Waals surface area contributed by atoms with Crippen molar-refractivity contribution in [2.24, 2.45) is 0 Å². The number of aliphatic hydroxyl groups is 1. The molecule has 0 bridgehead atoms. The maximum absolute atomic E-state index is 11.1. The van der Waals surface area contributed by atoms with Crippen LogP contribution in [-0.4, -0.2) is 38.7 Å². The Morgan fingerprint density at radius 3 is 2.55 bits per heavy atom. The number of hydrogen-bond acceptors (Lipinski definition) is 7. The molecule has 112 valence electrons. The van der Waals surface area contributed by atoms with Crippen molar-refractivity contribution in [2.75, 3.05) is 23.8 Å². The number of aryl methyl sites for hydroxylation is 1. The van der Waals surface area contributed by atoms with Gasteiger partial charge in [0, 0.05) is 6.54 Å². The van der Waals surface area contributed by atoms with E-state index in [4.69, 9.17) is 0 Å². The molecule has 0 amide bonds. The fourth-order valence-corrected chi connectivity index (χ4v) is 1.55. The van der Waals surface area contributed by atoms with E-state index in [0.717, 1.165) is 6.42 Å². The molecule has 0 aliphatic carbocycles. The smallest absolute Gasteiger partial charge is 0.332 e. The van der Waals surface area contributed by atoms with Gasteiger partial charge in [-0.15, -0.1) is 0 Å². The number of aliphatic hydroxyl groups excluding tert-OH is 1. The van der Waals surface area contributed by atoms with Gasteiger partial charge in [-0.05, 0) is 27.2 Å². The van der Waals surface area contributed by atoms with Gasteiger partial charge in [-0.2, -0.15) is 4.98 Å². The SMILES string of the molecule is CCCNc1nc(C)c([N+](=O)[O-])c(NC(C)(C)CO)n1. The Balaban J connectivity index is 3.21. The fraction of sp³-hybridized carbons (Fsp3) is 0.667. The Bertz CT molecular complexity index is 490. The number of rotatable bonds is 7. The molecule has 0 aliphatic heterocycles. The zero-order valence-electron chi connectivity index (χ0n) is 12.2. The summed E-state index contributed by atoms with van der Waals surface area (Å²) in [5.74, 6) is 0.450. The molecule has 0 spiro atoms. The Kier molecular flexibility index (Phi) is 5.20. The minimum Gasteiger partial charge on any atom is -0.394 e. The van der Waals surface area contributed by atoms with Crippen molar-refractivity contribution in [3.63, 3.8) is 0 Å². The van der Waals surface area contributed by atoms with Crippen molar-refractivity contribution in [3.05, 3.63) is 15.8 Å². The van der Waals surface area contributed by atoms with E-state index in [-0.39, 0.29) is 23.8 Å². The topological polar surface area (TPSA) is 113 Å². The van der Waals surface area contributed by atoms with Crippen molar-refractivity contribution < 1.29 is 10.0 Å². The molecule has 3 N–H and O–H groups in total. The average Bonchev–Trinajstić information content (AvgIpc) is 2.34. The third-order valence-corrected chi connectivity index (χ3v) is 2.63. The summed E-state index contributed by atoms with van der Waals surface area (Å²) in [7, 11) is 0. The van der Waals surface area contributed by atoms with Crippen LogP contribution in [0.25, 0.3) is 0 Å².